The number of halogens is 3. The van der Waals surface area contributed by atoms with Crippen LogP contribution >= 0.6 is 24.3 Å². The van der Waals surface area contributed by atoms with Gasteiger partial charge in [0.05, 0.1) is 26.4 Å². The van der Waals surface area contributed by atoms with Crippen molar-refractivity contribution in [3.8, 4) is 0 Å². The van der Waals surface area contributed by atoms with Gasteiger partial charge in [-0.25, -0.2) is 0 Å². The smallest absolute Gasteiger partial charge is 0.317 e. The van der Waals surface area contributed by atoms with Crippen LogP contribution in [-0.4, -0.2) is 37.4 Å². The van der Waals surface area contributed by atoms with E-state index < -0.39 is 14.0 Å². The van der Waals surface area contributed by atoms with Gasteiger partial charge in [0, 0.05) is 11.8 Å². The average Bonchev–Trinajstić information content (AvgIpc) is 2.24. The fourth-order valence-corrected chi connectivity index (χ4v) is 2.33. The highest BCUT2D eigenvalue weighted by Gasteiger charge is 2.42. The van der Waals surface area contributed by atoms with Gasteiger partial charge >= 0.3 is 5.66 Å². The van der Waals surface area contributed by atoms with Crippen molar-refractivity contribution >= 4 is 24.3 Å². The molecule has 16 heavy (non-hydrogen) atoms. The quantitative estimate of drug-likeness (QED) is 0.348. The van der Waals surface area contributed by atoms with Crippen LogP contribution in [0.3, 0.4) is 0 Å². The predicted octanol–water partition coefficient (Wildman–Crippen LogP) is 3.77. The van der Waals surface area contributed by atoms with Crippen LogP contribution < -0.4 is 0 Å². The molecule has 0 aromatic heterocycles. The van der Waals surface area contributed by atoms with Gasteiger partial charge in [-0.1, -0.05) is 15.9 Å². The Morgan fingerprint density at radius 3 is 2.12 bits per heavy atom. The monoisotopic (exact) mass is 322 g/mol. The van der Waals surface area contributed by atoms with E-state index in [9.17, 15) is 8.78 Å². The molecule has 0 saturated heterocycles. The second-order valence-electron chi connectivity index (χ2n) is 2.81. The van der Waals surface area contributed by atoms with E-state index >= 15 is 0 Å². The Kier molecular flexibility index (Phi) is 10.0. The summed E-state index contributed by atoms with van der Waals surface area (Å²) >= 11 is 3.15. The van der Waals surface area contributed by atoms with Gasteiger partial charge in [0.2, 0.25) is 8.38 Å². The van der Waals surface area contributed by atoms with Crippen molar-refractivity contribution in [3.05, 3.63) is 0 Å². The molecule has 0 aliphatic carbocycles. The zero-order valence-electron chi connectivity index (χ0n) is 9.55. The van der Waals surface area contributed by atoms with E-state index in [0.29, 0.717) is 11.9 Å². The van der Waals surface area contributed by atoms with Crippen LogP contribution in [0.15, 0.2) is 0 Å². The van der Waals surface area contributed by atoms with E-state index in [1.165, 1.54) is 0 Å². The third-order valence-electron chi connectivity index (χ3n) is 1.53. The maximum Gasteiger partial charge on any atom is 0.317 e. The molecule has 0 aliphatic heterocycles. The van der Waals surface area contributed by atoms with Crippen molar-refractivity contribution in [1.82, 2.24) is 0 Å². The van der Waals surface area contributed by atoms with Gasteiger partial charge in [-0.2, -0.15) is 8.78 Å². The Labute approximate surface area is 105 Å². The van der Waals surface area contributed by atoms with Crippen molar-refractivity contribution < 1.29 is 22.6 Å². The molecule has 0 aromatic carbocycles. The standard InChI is InChI=1S/C9H18BrF2O3P/c1-3-14-16(15-4-2)9(11,12)5-7-13-8-6-10/h3-8H2,1-2H3. The van der Waals surface area contributed by atoms with Gasteiger partial charge in [0.1, 0.15) is 0 Å². The highest BCUT2D eigenvalue weighted by atomic mass is 79.9. The molecule has 0 heterocycles. The summed E-state index contributed by atoms with van der Waals surface area (Å²) in [4.78, 5) is 0. The van der Waals surface area contributed by atoms with E-state index in [-0.39, 0.29) is 26.2 Å². The Bertz CT molecular complexity index is 169. The SMILES string of the molecule is CCOP(OCC)C(F)(F)CCOCCBr. The van der Waals surface area contributed by atoms with E-state index in [4.69, 9.17) is 13.8 Å². The van der Waals surface area contributed by atoms with Gasteiger partial charge in [-0.05, 0) is 13.8 Å². The van der Waals surface area contributed by atoms with E-state index in [1.54, 1.807) is 13.8 Å². The Hall–Kier alpha value is 0.650. The number of ether oxygens (including phenoxy) is 1. The minimum atomic E-state index is -2.95. The molecule has 0 radical (unpaired) electrons. The van der Waals surface area contributed by atoms with Crippen molar-refractivity contribution in [3.63, 3.8) is 0 Å². The molecule has 98 valence electrons. The van der Waals surface area contributed by atoms with Crippen molar-refractivity contribution in [2.75, 3.05) is 31.8 Å². The zero-order chi connectivity index (χ0) is 12.4. The highest BCUT2D eigenvalue weighted by molar-refractivity contribution is 9.09. The van der Waals surface area contributed by atoms with Gasteiger partial charge in [0.25, 0.3) is 0 Å². The maximum atomic E-state index is 13.6. The van der Waals surface area contributed by atoms with Gasteiger partial charge in [-0.3, -0.25) is 0 Å². The summed E-state index contributed by atoms with van der Waals surface area (Å²) in [5.41, 5.74) is -2.95. The second-order valence-corrected chi connectivity index (χ2v) is 5.29. The summed E-state index contributed by atoms with van der Waals surface area (Å²) < 4.78 is 42.0. The van der Waals surface area contributed by atoms with Crippen LogP contribution in [0.5, 0.6) is 0 Å². The topological polar surface area (TPSA) is 27.7 Å². The predicted molar refractivity (Wildman–Crippen MR) is 64.3 cm³/mol. The van der Waals surface area contributed by atoms with Crippen LogP contribution in [0.1, 0.15) is 20.3 Å². The first-order valence-electron chi connectivity index (χ1n) is 5.16. The first-order valence-corrected chi connectivity index (χ1v) is 7.46. The van der Waals surface area contributed by atoms with Crippen LogP contribution in [0.25, 0.3) is 0 Å². The molecule has 0 atom stereocenters. The molecule has 0 rings (SSSR count). The molecule has 0 fully saturated rings. The molecule has 0 unspecified atom stereocenters. The molecule has 0 N–H and O–H groups in total. The number of rotatable bonds is 10. The third-order valence-corrected chi connectivity index (χ3v) is 3.60. The summed E-state index contributed by atoms with van der Waals surface area (Å²) in [6.07, 6.45) is -0.369. The van der Waals surface area contributed by atoms with Gasteiger partial charge in [0.15, 0.2) is 0 Å². The molecular formula is C9H18BrF2O3P. The molecule has 0 aromatic rings. The molecule has 0 spiro atoms. The summed E-state index contributed by atoms with van der Waals surface area (Å²) in [6, 6.07) is 0. The first-order chi connectivity index (χ1) is 7.58. The molecular weight excluding hydrogens is 305 g/mol. The molecule has 3 nitrogen and oxygen atoms in total. The van der Waals surface area contributed by atoms with Gasteiger partial charge in [-0.15, -0.1) is 0 Å². The van der Waals surface area contributed by atoms with Crippen molar-refractivity contribution in [1.29, 1.82) is 0 Å². The highest BCUT2D eigenvalue weighted by Crippen LogP contribution is 2.55. The van der Waals surface area contributed by atoms with Crippen LogP contribution in [0.4, 0.5) is 8.78 Å². The lowest BCUT2D eigenvalue weighted by atomic mass is 10.5. The van der Waals surface area contributed by atoms with E-state index in [1.807, 2.05) is 0 Å². The number of hydrogen-bond donors (Lipinski definition) is 0. The van der Waals surface area contributed by atoms with Crippen LogP contribution in [0.2, 0.25) is 0 Å². The van der Waals surface area contributed by atoms with E-state index in [0.717, 1.165) is 0 Å². The van der Waals surface area contributed by atoms with Crippen molar-refractivity contribution in [2.45, 2.75) is 25.9 Å². The summed E-state index contributed by atoms with van der Waals surface area (Å²) in [7, 11) is -2.15. The lowest BCUT2D eigenvalue weighted by Crippen LogP contribution is -2.19. The van der Waals surface area contributed by atoms with Crippen LogP contribution in [0, 0.1) is 0 Å². The number of alkyl halides is 3. The second kappa shape index (κ2) is 9.66. The number of hydrogen-bond acceptors (Lipinski definition) is 3. The average molecular weight is 323 g/mol. The first kappa shape index (κ1) is 16.6. The maximum absolute atomic E-state index is 13.6. The molecule has 0 amide bonds. The van der Waals surface area contributed by atoms with Crippen LogP contribution in [-0.2, 0) is 13.8 Å². The lowest BCUT2D eigenvalue weighted by Gasteiger charge is -2.24. The molecule has 0 bridgehead atoms. The normalized spacial score (nSPS) is 12.4. The summed E-state index contributed by atoms with van der Waals surface area (Å²) in [5, 5.41) is 0.643. The fourth-order valence-electron chi connectivity index (χ4n) is 0.904. The van der Waals surface area contributed by atoms with Crippen molar-refractivity contribution in [2.24, 2.45) is 0 Å². The molecule has 0 aliphatic rings. The summed E-state index contributed by atoms with van der Waals surface area (Å²) in [6.45, 7) is 4.24. The van der Waals surface area contributed by atoms with Gasteiger partial charge < -0.3 is 13.8 Å². The molecule has 0 saturated carbocycles. The Balaban J connectivity index is 4.01. The lowest BCUT2D eigenvalue weighted by molar-refractivity contribution is 0.0194. The Morgan fingerprint density at radius 1 is 1.12 bits per heavy atom. The third kappa shape index (κ3) is 7.07. The minimum absolute atomic E-state index is 0.0115. The minimum Gasteiger partial charge on any atom is -0.380 e. The van der Waals surface area contributed by atoms with E-state index in [2.05, 4.69) is 15.9 Å². The molecule has 7 heteroatoms. The summed E-state index contributed by atoms with van der Waals surface area (Å²) in [5.74, 6) is 0. The Morgan fingerprint density at radius 2 is 1.69 bits per heavy atom. The zero-order valence-corrected chi connectivity index (χ0v) is 12.0. The largest absolute Gasteiger partial charge is 0.380 e. The fraction of sp³-hybridized carbons (Fsp3) is 1.00.